The lowest BCUT2D eigenvalue weighted by Gasteiger charge is -2.23. The highest BCUT2D eigenvalue weighted by molar-refractivity contribution is 8.00. The highest BCUT2D eigenvalue weighted by Crippen LogP contribution is 2.41. The van der Waals surface area contributed by atoms with E-state index < -0.39 is 5.25 Å². The first-order valence-electron chi connectivity index (χ1n) is 11.5. The van der Waals surface area contributed by atoms with Crippen LogP contribution in [0.3, 0.4) is 0 Å². The monoisotopic (exact) mass is 467 g/mol. The van der Waals surface area contributed by atoms with Crippen LogP contribution in [0.2, 0.25) is 0 Å². The number of likely N-dealkylation sites (N-methyl/N-ethyl adjacent to an activating group) is 1. The predicted molar refractivity (Wildman–Crippen MR) is 132 cm³/mol. The van der Waals surface area contributed by atoms with Gasteiger partial charge in [-0.2, -0.15) is 0 Å². The van der Waals surface area contributed by atoms with Gasteiger partial charge in [0, 0.05) is 25.0 Å². The van der Waals surface area contributed by atoms with E-state index in [1.807, 2.05) is 34.9 Å². The van der Waals surface area contributed by atoms with E-state index in [2.05, 4.69) is 0 Å². The zero-order valence-electron chi connectivity index (χ0n) is 18.7. The molecule has 3 aromatic rings. The van der Waals surface area contributed by atoms with E-state index >= 15 is 0 Å². The van der Waals surface area contributed by atoms with Crippen LogP contribution in [-0.4, -0.2) is 34.5 Å². The lowest BCUT2D eigenvalue weighted by atomic mass is 9.97. The molecule has 1 aromatic carbocycles. The molecule has 0 saturated heterocycles. The third-order valence-electron chi connectivity index (χ3n) is 6.67. The molecule has 1 saturated carbocycles. The molecule has 0 aliphatic heterocycles. The zero-order valence-corrected chi connectivity index (χ0v) is 20.3. The molecule has 2 heterocycles. The smallest absolute Gasteiger partial charge is 0.263 e. The van der Waals surface area contributed by atoms with E-state index in [4.69, 9.17) is 4.98 Å². The maximum absolute atomic E-state index is 13.9. The van der Waals surface area contributed by atoms with Crippen molar-refractivity contribution in [3.63, 3.8) is 0 Å². The molecule has 2 aromatic heterocycles. The summed E-state index contributed by atoms with van der Waals surface area (Å²) >= 11 is 3.12. The standard InChI is InChI=1S/C25H29N3O2S2/c1-27(2)24(30)21(16-10-4-3-5-11-16)32-25-26-22-20(18-14-8-9-15-19(18)31-22)23(29)28(25)17-12-6-7-13-17/h3-5,10-11,17,21H,6-9,12-15H2,1-2H3. The van der Waals surface area contributed by atoms with Gasteiger partial charge in [0.15, 0.2) is 5.16 Å². The second-order valence-electron chi connectivity index (χ2n) is 9.04. The van der Waals surface area contributed by atoms with Crippen LogP contribution in [0.5, 0.6) is 0 Å². The molecule has 0 bridgehead atoms. The first-order valence-corrected chi connectivity index (χ1v) is 13.2. The van der Waals surface area contributed by atoms with Gasteiger partial charge >= 0.3 is 0 Å². The van der Waals surface area contributed by atoms with E-state index in [0.29, 0.717) is 5.16 Å². The van der Waals surface area contributed by atoms with Crippen molar-refractivity contribution in [2.75, 3.05) is 14.1 Å². The fourth-order valence-electron chi connectivity index (χ4n) is 5.00. The largest absolute Gasteiger partial charge is 0.348 e. The third-order valence-corrected chi connectivity index (χ3v) is 9.06. The third kappa shape index (κ3) is 3.90. The average molecular weight is 468 g/mol. The molecule has 2 aliphatic carbocycles. The Morgan fingerprint density at radius 1 is 1.12 bits per heavy atom. The number of thiophene rings is 1. The summed E-state index contributed by atoms with van der Waals surface area (Å²) in [5, 5.41) is 1.10. The molecule has 1 amide bonds. The van der Waals surface area contributed by atoms with Crippen LogP contribution in [-0.2, 0) is 17.6 Å². The molecule has 1 atom stereocenters. The van der Waals surface area contributed by atoms with Crippen molar-refractivity contribution < 1.29 is 4.79 Å². The number of amides is 1. The van der Waals surface area contributed by atoms with Gasteiger partial charge in [-0.05, 0) is 49.7 Å². The molecular weight excluding hydrogens is 438 g/mol. The van der Waals surface area contributed by atoms with E-state index in [1.54, 1.807) is 30.3 Å². The number of fused-ring (bicyclic) bond motifs is 3. The van der Waals surface area contributed by atoms with E-state index in [0.717, 1.165) is 60.7 Å². The first-order chi connectivity index (χ1) is 15.5. The van der Waals surface area contributed by atoms with Crippen molar-refractivity contribution in [3.05, 3.63) is 56.7 Å². The number of aromatic nitrogens is 2. The number of aryl methyl sites for hydroxylation is 2. The Labute approximate surface area is 196 Å². The number of hydrogen-bond acceptors (Lipinski definition) is 5. The minimum absolute atomic E-state index is 0.0130. The van der Waals surface area contributed by atoms with Crippen molar-refractivity contribution in [1.82, 2.24) is 14.5 Å². The van der Waals surface area contributed by atoms with Crippen LogP contribution in [0.4, 0.5) is 0 Å². The summed E-state index contributed by atoms with van der Waals surface area (Å²) < 4.78 is 1.94. The first kappa shape index (κ1) is 21.7. The quantitative estimate of drug-likeness (QED) is 0.374. The second-order valence-corrected chi connectivity index (χ2v) is 11.2. The SMILES string of the molecule is CN(C)C(=O)C(Sc1nc2sc3c(c2c(=O)n1C1CCCC1)CCCC3)c1ccccc1. The average Bonchev–Trinajstić information content (AvgIpc) is 3.45. The summed E-state index contributed by atoms with van der Waals surface area (Å²) in [4.78, 5) is 36.0. The molecule has 0 radical (unpaired) electrons. The van der Waals surface area contributed by atoms with Crippen LogP contribution in [0.15, 0.2) is 40.3 Å². The fourth-order valence-corrected chi connectivity index (χ4v) is 7.61. The molecule has 5 nitrogen and oxygen atoms in total. The van der Waals surface area contributed by atoms with E-state index in [9.17, 15) is 9.59 Å². The van der Waals surface area contributed by atoms with Gasteiger partial charge in [0.1, 0.15) is 10.1 Å². The highest BCUT2D eigenvalue weighted by Gasteiger charge is 2.31. The van der Waals surface area contributed by atoms with Crippen LogP contribution in [0.25, 0.3) is 10.2 Å². The predicted octanol–water partition coefficient (Wildman–Crippen LogP) is 5.37. The molecule has 168 valence electrons. The summed E-state index contributed by atoms with van der Waals surface area (Å²) in [6.07, 6.45) is 8.65. The Kier molecular flexibility index (Phi) is 6.12. The lowest BCUT2D eigenvalue weighted by molar-refractivity contribution is -0.128. The van der Waals surface area contributed by atoms with Crippen LogP contribution in [0, 0.1) is 0 Å². The zero-order chi connectivity index (χ0) is 22.2. The van der Waals surface area contributed by atoms with Crippen molar-refractivity contribution in [3.8, 4) is 0 Å². The summed E-state index contributed by atoms with van der Waals surface area (Å²) in [5.41, 5.74) is 2.28. The summed E-state index contributed by atoms with van der Waals surface area (Å²) in [7, 11) is 3.57. The number of carbonyl (C=O) groups excluding carboxylic acids is 1. The van der Waals surface area contributed by atoms with Gasteiger partial charge in [-0.25, -0.2) is 4.98 Å². The molecule has 1 fully saturated rings. The van der Waals surface area contributed by atoms with Crippen molar-refractivity contribution in [2.24, 2.45) is 0 Å². The maximum atomic E-state index is 13.9. The van der Waals surface area contributed by atoms with E-state index in [1.165, 1.54) is 28.6 Å². The number of thioether (sulfide) groups is 1. The summed E-state index contributed by atoms with van der Waals surface area (Å²) in [6.45, 7) is 0. The minimum Gasteiger partial charge on any atom is -0.348 e. The van der Waals surface area contributed by atoms with Gasteiger partial charge in [-0.3, -0.25) is 14.2 Å². The highest BCUT2D eigenvalue weighted by atomic mass is 32.2. The number of nitrogens with zero attached hydrogens (tertiary/aromatic N) is 3. The fraction of sp³-hybridized carbons (Fsp3) is 0.480. The van der Waals surface area contributed by atoms with Gasteiger partial charge in [-0.1, -0.05) is 54.9 Å². The van der Waals surface area contributed by atoms with Gasteiger partial charge < -0.3 is 4.90 Å². The minimum atomic E-state index is -0.433. The van der Waals surface area contributed by atoms with Crippen molar-refractivity contribution in [2.45, 2.75) is 67.8 Å². The molecule has 32 heavy (non-hydrogen) atoms. The molecule has 2 aliphatic rings. The Bertz CT molecular complexity index is 1190. The Morgan fingerprint density at radius 3 is 2.56 bits per heavy atom. The Hall–Kier alpha value is -2.12. The molecule has 7 heteroatoms. The van der Waals surface area contributed by atoms with Gasteiger partial charge in [0.05, 0.1) is 5.39 Å². The topological polar surface area (TPSA) is 55.2 Å². The maximum Gasteiger partial charge on any atom is 0.263 e. The van der Waals surface area contributed by atoms with Gasteiger partial charge in [0.2, 0.25) is 5.91 Å². The van der Waals surface area contributed by atoms with Crippen LogP contribution >= 0.6 is 23.1 Å². The number of rotatable bonds is 5. The molecule has 1 unspecified atom stereocenters. The summed E-state index contributed by atoms with van der Waals surface area (Å²) in [5.74, 6) is 0.0130. The van der Waals surface area contributed by atoms with Crippen LogP contribution in [0.1, 0.15) is 65.8 Å². The number of hydrogen-bond donors (Lipinski definition) is 0. The summed E-state index contributed by atoms with van der Waals surface area (Å²) in [6, 6.07) is 10.0. The molecule has 0 N–H and O–H groups in total. The lowest BCUT2D eigenvalue weighted by Crippen LogP contribution is -2.29. The molecule has 5 rings (SSSR count). The van der Waals surface area contributed by atoms with Crippen LogP contribution < -0.4 is 5.56 Å². The van der Waals surface area contributed by atoms with E-state index in [-0.39, 0.29) is 17.5 Å². The molecular formula is C25H29N3O2S2. The van der Waals surface area contributed by atoms with Gasteiger partial charge in [0.25, 0.3) is 5.56 Å². The van der Waals surface area contributed by atoms with Crippen molar-refractivity contribution in [1.29, 1.82) is 0 Å². The number of carbonyl (C=O) groups is 1. The molecule has 0 spiro atoms. The Morgan fingerprint density at radius 2 is 1.84 bits per heavy atom. The Balaban J connectivity index is 1.67. The normalized spacial score (nSPS) is 17.4. The van der Waals surface area contributed by atoms with Crippen molar-refractivity contribution >= 4 is 39.2 Å². The second kappa shape index (κ2) is 9.02. The van der Waals surface area contributed by atoms with Gasteiger partial charge in [-0.15, -0.1) is 11.3 Å². The number of benzene rings is 1.